The smallest absolute Gasteiger partial charge is 0.338 e. The summed E-state index contributed by atoms with van der Waals surface area (Å²) in [6, 6.07) is 17.2. The van der Waals surface area contributed by atoms with E-state index < -0.39 is 12.4 Å². The zero-order chi connectivity index (χ0) is 14.7. The first-order valence-corrected chi connectivity index (χ1v) is 6.88. The molecule has 3 rings (SSSR count). The highest BCUT2D eigenvalue weighted by atomic mass is 16.7. The van der Waals surface area contributed by atoms with Gasteiger partial charge in [0.05, 0.1) is 0 Å². The van der Waals surface area contributed by atoms with Gasteiger partial charge < -0.3 is 14.2 Å². The lowest BCUT2D eigenvalue weighted by atomic mass is 10.1. The fourth-order valence-corrected chi connectivity index (χ4v) is 2.22. The van der Waals surface area contributed by atoms with Gasteiger partial charge in [-0.15, -0.1) is 0 Å². The molecule has 0 N–H and O–H groups in total. The molecule has 108 valence electrons. The topological polar surface area (TPSA) is 44.8 Å². The minimum atomic E-state index is -0.513. The van der Waals surface area contributed by atoms with Crippen LogP contribution in [0.25, 0.3) is 0 Å². The van der Waals surface area contributed by atoms with E-state index in [1.807, 2.05) is 54.6 Å². The van der Waals surface area contributed by atoms with Crippen molar-refractivity contribution in [2.75, 3.05) is 0 Å². The lowest BCUT2D eigenvalue weighted by Crippen LogP contribution is -2.19. The van der Waals surface area contributed by atoms with Gasteiger partial charge in [0.25, 0.3) is 0 Å². The molecule has 4 nitrogen and oxygen atoms in total. The van der Waals surface area contributed by atoms with E-state index in [1.165, 1.54) is 0 Å². The summed E-state index contributed by atoms with van der Waals surface area (Å²) < 4.78 is 16.1. The molecule has 0 aliphatic carbocycles. The van der Waals surface area contributed by atoms with E-state index in [0.717, 1.165) is 17.1 Å². The lowest BCUT2D eigenvalue weighted by Gasteiger charge is -2.08. The second kappa shape index (κ2) is 5.97. The quantitative estimate of drug-likeness (QED) is 0.808. The molecule has 1 heterocycles. The molecule has 1 saturated heterocycles. The van der Waals surface area contributed by atoms with Crippen LogP contribution in [0.15, 0.2) is 54.6 Å². The van der Waals surface area contributed by atoms with Crippen LogP contribution in [0, 0.1) is 0 Å². The highest BCUT2D eigenvalue weighted by Crippen LogP contribution is 2.23. The molecular weight excluding hydrogens is 268 g/mol. The fourth-order valence-electron chi connectivity index (χ4n) is 2.22. The summed E-state index contributed by atoms with van der Waals surface area (Å²) in [6.45, 7) is 1.72. The molecule has 1 aliphatic rings. The molecule has 0 bridgehead atoms. The van der Waals surface area contributed by atoms with E-state index in [1.54, 1.807) is 6.92 Å². The number of ether oxygens (including phenoxy) is 3. The lowest BCUT2D eigenvalue weighted by molar-refractivity contribution is -0.142. The Labute approximate surface area is 123 Å². The van der Waals surface area contributed by atoms with Crippen molar-refractivity contribution in [1.29, 1.82) is 0 Å². The fraction of sp³-hybridized carbons (Fsp3) is 0.235. The van der Waals surface area contributed by atoms with Crippen molar-refractivity contribution in [2.24, 2.45) is 0 Å². The van der Waals surface area contributed by atoms with Crippen molar-refractivity contribution in [2.45, 2.75) is 25.7 Å². The molecule has 21 heavy (non-hydrogen) atoms. The van der Waals surface area contributed by atoms with Crippen LogP contribution >= 0.6 is 0 Å². The number of benzene rings is 2. The number of carbonyl (C=O) groups excluding carboxylic acids is 1. The van der Waals surface area contributed by atoms with Crippen molar-refractivity contribution >= 4 is 5.97 Å². The van der Waals surface area contributed by atoms with Gasteiger partial charge in [-0.05, 0) is 36.8 Å². The molecule has 4 heteroatoms. The first-order chi connectivity index (χ1) is 10.2. The molecule has 2 aromatic carbocycles. The van der Waals surface area contributed by atoms with E-state index in [-0.39, 0.29) is 5.97 Å². The van der Waals surface area contributed by atoms with E-state index in [9.17, 15) is 4.79 Å². The molecule has 1 aliphatic heterocycles. The van der Waals surface area contributed by atoms with Gasteiger partial charge in [-0.1, -0.05) is 30.3 Å². The molecule has 0 amide bonds. The van der Waals surface area contributed by atoms with Gasteiger partial charge in [0, 0.05) is 6.42 Å². The molecule has 0 radical (unpaired) electrons. The summed E-state index contributed by atoms with van der Waals surface area (Å²) in [6.07, 6.45) is -0.460. The van der Waals surface area contributed by atoms with Crippen LogP contribution in [0.1, 0.15) is 12.5 Å². The molecule has 0 spiro atoms. The standard InChI is InChI=1S/C17H16O4/c1-12-19-16(17(18)20-12)11-13-7-9-15(10-8-13)21-14-5-3-2-4-6-14/h2-10,12,16H,11H2,1H3. The first kappa shape index (κ1) is 13.6. The van der Waals surface area contributed by atoms with E-state index in [0.29, 0.717) is 6.42 Å². The van der Waals surface area contributed by atoms with Crippen molar-refractivity contribution in [3.63, 3.8) is 0 Å². The van der Waals surface area contributed by atoms with Crippen molar-refractivity contribution in [1.82, 2.24) is 0 Å². The third kappa shape index (κ3) is 3.41. The number of rotatable bonds is 4. The van der Waals surface area contributed by atoms with Crippen LogP contribution in [0.5, 0.6) is 11.5 Å². The van der Waals surface area contributed by atoms with E-state index in [2.05, 4.69) is 0 Å². The maximum absolute atomic E-state index is 11.5. The largest absolute Gasteiger partial charge is 0.457 e. The van der Waals surface area contributed by atoms with Crippen molar-refractivity contribution < 1.29 is 19.0 Å². The number of esters is 1. The van der Waals surface area contributed by atoms with Gasteiger partial charge in [0.15, 0.2) is 6.10 Å². The van der Waals surface area contributed by atoms with Crippen LogP contribution in [0.4, 0.5) is 0 Å². The molecular formula is C17H16O4. The van der Waals surface area contributed by atoms with E-state index >= 15 is 0 Å². The average Bonchev–Trinajstić information content (AvgIpc) is 2.80. The predicted molar refractivity (Wildman–Crippen MR) is 77.1 cm³/mol. The van der Waals surface area contributed by atoms with Gasteiger partial charge in [-0.3, -0.25) is 0 Å². The van der Waals surface area contributed by atoms with E-state index in [4.69, 9.17) is 14.2 Å². The molecule has 2 aromatic rings. The minimum Gasteiger partial charge on any atom is -0.457 e. The monoisotopic (exact) mass is 284 g/mol. The zero-order valence-electron chi connectivity index (χ0n) is 11.7. The number of hydrogen-bond acceptors (Lipinski definition) is 4. The Balaban J connectivity index is 1.63. The minimum absolute atomic E-state index is 0.299. The Kier molecular flexibility index (Phi) is 3.88. The van der Waals surface area contributed by atoms with Crippen molar-refractivity contribution in [3.8, 4) is 11.5 Å². The van der Waals surface area contributed by atoms with Gasteiger partial charge in [0.2, 0.25) is 6.29 Å². The summed E-state index contributed by atoms with van der Waals surface area (Å²) in [5.74, 6) is 1.25. The van der Waals surface area contributed by atoms with Crippen LogP contribution in [-0.4, -0.2) is 18.4 Å². The predicted octanol–water partition coefficient (Wildman–Crippen LogP) is 3.31. The maximum Gasteiger partial charge on any atom is 0.338 e. The molecule has 1 fully saturated rings. The third-order valence-corrected chi connectivity index (χ3v) is 3.22. The number of carbonyl (C=O) groups is 1. The summed E-state index contributed by atoms with van der Waals surface area (Å²) in [7, 11) is 0. The van der Waals surface area contributed by atoms with Gasteiger partial charge in [-0.2, -0.15) is 0 Å². The Hall–Kier alpha value is -2.33. The zero-order valence-corrected chi connectivity index (χ0v) is 11.7. The van der Waals surface area contributed by atoms with Crippen LogP contribution in [0.3, 0.4) is 0 Å². The second-order valence-electron chi connectivity index (χ2n) is 4.89. The summed E-state index contributed by atoms with van der Waals surface area (Å²) in [5.41, 5.74) is 1.01. The summed E-state index contributed by atoms with van der Waals surface area (Å²) in [5, 5.41) is 0. The summed E-state index contributed by atoms with van der Waals surface area (Å²) in [4.78, 5) is 11.5. The number of cyclic esters (lactones) is 1. The van der Waals surface area contributed by atoms with Crippen molar-refractivity contribution in [3.05, 3.63) is 60.2 Å². The Morgan fingerprint density at radius 2 is 1.67 bits per heavy atom. The normalized spacial score (nSPS) is 21.1. The highest BCUT2D eigenvalue weighted by molar-refractivity contribution is 5.76. The number of para-hydroxylation sites is 1. The van der Waals surface area contributed by atoms with Gasteiger partial charge >= 0.3 is 5.97 Å². The average molecular weight is 284 g/mol. The second-order valence-corrected chi connectivity index (χ2v) is 4.89. The summed E-state index contributed by atoms with van der Waals surface area (Å²) >= 11 is 0. The Morgan fingerprint density at radius 1 is 1.00 bits per heavy atom. The third-order valence-electron chi connectivity index (χ3n) is 3.22. The van der Waals surface area contributed by atoms with Gasteiger partial charge in [-0.25, -0.2) is 4.79 Å². The van der Waals surface area contributed by atoms with Gasteiger partial charge in [0.1, 0.15) is 11.5 Å². The SMILES string of the molecule is CC1OC(=O)C(Cc2ccc(Oc3ccccc3)cc2)O1. The molecule has 2 unspecified atom stereocenters. The van der Waals surface area contributed by atoms with Crippen LogP contribution in [0.2, 0.25) is 0 Å². The highest BCUT2D eigenvalue weighted by Gasteiger charge is 2.32. The van der Waals surface area contributed by atoms with Crippen LogP contribution < -0.4 is 4.74 Å². The van der Waals surface area contributed by atoms with Crippen LogP contribution in [-0.2, 0) is 20.7 Å². The molecule has 2 atom stereocenters. The molecule has 0 saturated carbocycles. The number of hydrogen-bond donors (Lipinski definition) is 0. The Morgan fingerprint density at radius 3 is 2.29 bits per heavy atom. The maximum atomic E-state index is 11.5. The molecule has 0 aromatic heterocycles. The Bertz CT molecular complexity index is 606. The first-order valence-electron chi connectivity index (χ1n) is 6.88.